The maximum Gasteiger partial charge on any atom is 0.257 e. The summed E-state index contributed by atoms with van der Waals surface area (Å²) in [6.07, 6.45) is 4.16. The summed E-state index contributed by atoms with van der Waals surface area (Å²) in [7, 11) is 0. The van der Waals surface area contributed by atoms with Crippen molar-refractivity contribution in [2.75, 3.05) is 45.9 Å². The normalized spacial score (nSPS) is 19.7. The average Bonchev–Trinajstić information content (AvgIpc) is 3.02. The Morgan fingerprint density at radius 1 is 1.09 bits per heavy atom. The molecule has 1 fully saturated rings. The summed E-state index contributed by atoms with van der Waals surface area (Å²) < 4.78 is 12.0. The first kappa shape index (κ1) is 23.5. The zero-order chi connectivity index (χ0) is 24.2. The number of benzene rings is 2. The predicted octanol–water partition coefficient (Wildman–Crippen LogP) is 2.26. The molecule has 0 bridgehead atoms. The molecule has 2 aromatic carbocycles. The van der Waals surface area contributed by atoms with Crippen LogP contribution in [0.1, 0.15) is 34.3 Å². The van der Waals surface area contributed by atoms with Gasteiger partial charge in [0, 0.05) is 58.2 Å². The monoisotopic (exact) mass is 476 g/mol. The van der Waals surface area contributed by atoms with Gasteiger partial charge in [0.1, 0.15) is 24.2 Å². The molecule has 3 heterocycles. The number of aliphatic hydroxyl groups is 1. The lowest BCUT2D eigenvalue weighted by Gasteiger charge is -2.32. The van der Waals surface area contributed by atoms with Gasteiger partial charge in [-0.3, -0.25) is 9.69 Å². The fourth-order valence-electron chi connectivity index (χ4n) is 5.17. The number of hydrogen-bond acceptors (Lipinski definition) is 7. The molecule has 0 unspecified atom stereocenters. The van der Waals surface area contributed by atoms with Crippen LogP contribution in [0.5, 0.6) is 11.5 Å². The second kappa shape index (κ2) is 10.5. The van der Waals surface area contributed by atoms with Crippen molar-refractivity contribution in [2.45, 2.75) is 38.0 Å². The Balaban J connectivity index is 1.18. The largest absolute Gasteiger partial charge is 0.491 e. The third-order valence-corrected chi connectivity index (χ3v) is 7.09. The second-order valence-electron chi connectivity index (χ2n) is 9.57. The van der Waals surface area contributed by atoms with E-state index in [1.165, 1.54) is 11.1 Å². The molecule has 8 heteroatoms. The molecule has 3 aliphatic heterocycles. The van der Waals surface area contributed by atoms with E-state index in [9.17, 15) is 9.90 Å². The zero-order valence-corrected chi connectivity index (χ0v) is 19.9. The van der Waals surface area contributed by atoms with Crippen LogP contribution in [0.4, 0.5) is 0 Å². The molecule has 1 atom stereocenters. The lowest BCUT2D eigenvalue weighted by Crippen LogP contribution is -2.44. The highest BCUT2D eigenvalue weighted by Crippen LogP contribution is 2.30. The van der Waals surface area contributed by atoms with Crippen molar-refractivity contribution in [3.63, 3.8) is 0 Å². The molecule has 184 valence electrons. The fraction of sp³-hybridized carbons (Fsp3) is 0.481. The van der Waals surface area contributed by atoms with Gasteiger partial charge in [0.05, 0.1) is 18.2 Å². The van der Waals surface area contributed by atoms with Crippen molar-refractivity contribution in [3.8, 4) is 17.7 Å². The molecule has 0 radical (unpaired) electrons. The van der Waals surface area contributed by atoms with Crippen molar-refractivity contribution in [3.05, 3.63) is 59.2 Å². The van der Waals surface area contributed by atoms with Crippen LogP contribution in [0.3, 0.4) is 0 Å². The summed E-state index contributed by atoms with van der Waals surface area (Å²) in [5.41, 5.74) is 3.19. The van der Waals surface area contributed by atoms with Crippen LogP contribution in [0.25, 0.3) is 0 Å². The molecule has 0 saturated carbocycles. The first-order valence-electron chi connectivity index (χ1n) is 12.4. The van der Waals surface area contributed by atoms with E-state index in [1.807, 2.05) is 6.07 Å². The van der Waals surface area contributed by atoms with Crippen LogP contribution >= 0.6 is 0 Å². The number of carbonyl (C=O) groups excluding carboxylic acids is 1. The molecular formula is C27H32N4O4. The van der Waals surface area contributed by atoms with Gasteiger partial charge in [0.15, 0.2) is 6.19 Å². The van der Waals surface area contributed by atoms with E-state index in [0.29, 0.717) is 49.8 Å². The van der Waals surface area contributed by atoms with Crippen LogP contribution < -0.4 is 9.47 Å². The molecule has 0 spiro atoms. The molecule has 3 aliphatic rings. The number of ether oxygens (including phenoxy) is 2. The molecule has 0 aromatic heterocycles. The molecule has 1 saturated heterocycles. The van der Waals surface area contributed by atoms with Crippen molar-refractivity contribution in [1.82, 2.24) is 14.7 Å². The topological polar surface area (TPSA) is 89.3 Å². The van der Waals surface area contributed by atoms with Gasteiger partial charge in [-0.15, -0.1) is 0 Å². The molecule has 8 nitrogen and oxygen atoms in total. The summed E-state index contributed by atoms with van der Waals surface area (Å²) in [5, 5.41) is 19.8. The number of carbonyl (C=O) groups is 1. The fourth-order valence-corrected chi connectivity index (χ4v) is 5.17. The van der Waals surface area contributed by atoms with Crippen LogP contribution in [-0.4, -0.2) is 83.8 Å². The number of likely N-dealkylation sites (tertiary alicyclic amines) is 1. The van der Waals surface area contributed by atoms with Crippen molar-refractivity contribution in [1.29, 1.82) is 5.26 Å². The van der Waals surface area contributed by atoms with Crippen molar-refractivity contribution >= 4 is 5.91 Å². The number of piperidine rings is 1. The van der Waals surface area contributed by atoms with E-state index in [4.69, 9.17) is 14.7 Å². The summed E-state index contributed by atoms with van der Waals surface area (Å²) in [4.78, 5) is 18.9. The quantitative estimate of drug-likeness (QED) is 0.640. The zero-order valence-electron chi connectivity index (χ0n) is 19.9. The molecule has 1 amide bonds. The second-order valence-corrected chi connectivity index (χ2v) is 9.57. The minimum absolute atomic E-state index is 0.0486. The number of β-amino-alcohol motifs (C(OH)–C–C–N with tert-alkyl or cyclic N) is 1. The third-order valence-electron chi connectivity index (χ3n) is 7.09. The lowest BCUT2D eigenvalue weighted by atomic mass is 10.00. The minimum Gasteiger partial charge on any atom is -0.491 e. The van der Waals surface area contributed by atoms with Gasteiger partial charge in [-0.25, -0.2) is 0 Å². The van der Waals surface area contributed by atoms with E-state index in [0.717, 1.165) is 32.4 Å². The highest BCUT2D eigenvalue weighted by molar-refractivity contribution is 5.97. The Labute approximate surface area is 206 Å². The standard InChI is InChI=1S/C27H32N4O4/c28-19-29-11-8-23(9-12-29)35-24-5-6-25-26(15-24)34-14-13-31(27(25)33)18-22(32)17-30-10-7-20-3-1-2-4-21(20)16-30/h1-6,15,22-23,32H,7-14,16-18H2/t22-/m1/s1. The van der Waals surface area contributed by atoms with Gasteiger partial charge < -0.3 is 24.4 Å². The minimum atomic E-state index is -0.632. The smallest absolute Gasteiger partial charge is 0.257 e. The van der Waals surface area contributed by atoms with Crippen molar-refractivity contribution in [2.24, 2.45) is 0 Å². The van der Waals surface area contributed by atoms with Gasteiger partial charge in [-0.2, -0.15) is 5.26 Å². The van der Waals surface area contributed by atoms with Crippen LogP contribution in [0, 0.1) is 11.5 Å². The van der Waals surface area contributed by atoms with E-state index < -0.39 is 6.10 Å². The molecule has 0 aliphatic carbocycles. The summed E-state index contributed by atoms with van der Waals surface area (Å²) in [6.45, 7) is 4.73. The first-order chi connectivity index (χ1) is 17.1. The molecule has 1 N–H and O–H groups in total. The first-order valence-corrected chi connectivity index (χ1v) is 12.4. The predicted molar refractivity (Wildman–Crippen MR) is 130 cm³/mol. The van der Waals surface area contributed by atoms with Gasteiger partial charge in [-0.05, 0) is 29.7 Å². The van der Waals surface area contributed by atoms with E-state index >= 15 is 0 Å². The SMILES string of the molecule is N#CN1CCC(Oc2ccc3c(c2)OCCN(C[C@H](O)CN2CCc4ccccc4C2)C3=O)CC1. The number of nitrogens with zero attached hydrogens (tertiary/aromatic N) is 4. The van der Waals surface area contributed by atoms with Crippen molar-refractivity contribution < 1.29 is 19.4 Å². The highest BCUT2D eigenvalue weighted by atomic mass is 16.5. The number of amides is 1. The number of rotatable bonds is 6. The molecular weight excluding hydrogens is 444 g/mol. The molecule has 5 rings (SSSR count). The Morgan fingerprint density at radius 2 is 1.89 bits per heavy atom. The number of aliphatic hydroxyl groups excluding tert-OH is 1. The molecule has 2 aromatic rings. The Morgan fingerprint density at radius 3 is 2.69 bits per heavy atom. The van der Waals surface area contributed by atoms with Crippen LogP contribution in [-0.2, 0) is 13.0 Å². The highest BCUT2D eigenvalue weighted by Gasteiger charge is 2.28. The van der Waals surface area contributed by atoms with Crippen LogP contribution in [0.15, 0.2) is 42.5 Å². The Bertz CT molecular complexity index is 1090. The van der Waals surface area contributed by atoms with Gasteiger partial charge >= 0.3 is 0 Å². The Kier molecular flexibility index (Phi) is 7.07. The Hall–Kier alpha value is -3.28. The lowest BCUT2D eigenvalue weighted by molar-refractivity contribution is 0.0501. The number of hydrogen-bond donors (Lipinski definition) is 1. The summed E-state index contributed by atoms with van der Waals surface area (Å²) in [6, 6.07) is 13.8. The van der Waals surface area contributed by atoms with E-state index in [2.05, 4.69) is 35.4 Å². The number of nitriles is 1. The van der Waals surface area contributed by atoms with Gasteiger partial charge in [0.2, 0.25) is 0 Å². The third kappa shape index (κ3) is 5.53. The van der Waals surface area contributed by atoms with Gasteiger partial charge in [-0.1, -0.05) is 24.3 Å². The summed E-state index contributed by atoms with van der Waals surface area (Å²) >= 11 is 0. The average molecular weight is 477 g/mol. The summed E-state index contributed by atoms with van der Waals surface area (Å²) in [5.74, 6) is 1.06. The number of fused-ring (bicyclic) bond motifs is 2. The van der Waals surface area contributed by atoms with E-state index in [-0.39, 0.29) is 18.6 Å². The molecule has 35 heavy (non-hydrogen) atoms. The maximum atomic E-state index is 13.2. The van der Waals surface area contributed by atoms with Gasteiger partial charge in [0.25, 0.3) is 5.91 Å². The van der Waals surface area contributed by atoms with Crippen LogP contribution in [0.2, 0.25) is 0 Å². The van der Waals surface area contributed by atoms with E-state index in [1.54, 1.807) is 21.9 Å². The maximum absolute atomic E-state index is 13.2.